The van der Waals surface area contributed by atoms with Crippen LogP contribution in [-0.2, 0) is 4.74 Å². The van der Waals surface area contributed by atoms with Crippen LogP contribution in [0.1, 0.15) is 13.3 Å². The molecule has 2 fully saturated rings. The molecule has 2 unspecified atom stereocenters. The number of benzene rings is 1. The zero-order valence-electron chi connectivity index (χ0n) is 17.2. The lowest BCUT2D eigenvalue weighted by atomic mass is 9.95. The number of hydrogen-bond acceptors (Lipinski definition) is 5. The first-order valence-electron chi connectivity index (χ1n) is 9.89. The molecule has 0 aliphatic carbocycles. The molecule has 0 bridgehead atoms. The Kier molecular flexibility index (Phi) is 10.7. The van der Waals surface area contributed by atoms with Gasteiger partial charge in [0.05, 0.1) is 19.8 Å². The van der Waals surface area contributed by atoms with Crippen molar-refractivity contribution < 1.29 is 9.47 Å². The quantitative estimate of drug-likeness (QED) is 0.307. The molecule has 0 amide bonds. The summed E-state index contributed by atoms with van der Waals surface area (Å²) in [6, 6.07) is 7.44. The number of ether oxygens (including phenoxy) is 2. The number of hydrogen-bond donors (Lipinski definition) is 2. The van der Waals surface area contributed by atoms with Gasteiger partial charge >= 0.3 is 0 Å². The number of nitrogens with one attached hydrogen (secondary N) is 2. The lowest BCUT2D eigenvalue weighted by Crippen LogP contribution is -2.60. The van der Waals surface area contributed by atoms with Gasteiger partial charge in [-0.25, -0.2) is 0 Å². The van der Waals surface area contributed by atoms with E-state index in [-0.39, 0.29) is 35.6 Å². The SMILES string of the molecule is CN=C(NCC(C)Oc1ccc(Cl)cc1)NCC1(N2CCOCC2)CCSC1.I. The minimum atomic E-state index is 0. The van der Waals surface area contributed by atoms with Crippen molar-refractivity contribution in [1.82, 2.24) is 15.5 Å². The van der Waals surface area contributed by atoms with Gasteiger partial charge in [0.15, 0.2) is 5.96 Å². The van der Waals surface area contributed by atoms with Crippen molar-refractivity contribution >= 4 is 53.3 Å². The standard InChI is InChI=1S/C20H31ClN4O2S.HI/c1-16(27-18-5-3-17(21)4-6-18)13-23-19(22-2)24-14-20(7-12-28-15-20)25-8-10-26-11-9-25;/h3-6,16H,7-15H2,1-2H3,(H2,22,23,24);1H. The van der Waals surface area contributed by atoms with Gasteiger partial charge in [-0.05, 0) is 43.4 Å². The summed E-state index contributed by atoms with van der Waals surface area (Å²) in [7, 11) is 1.81. The largest absolute Gasteiger partial charge is 0.489 e. The minimum Gasteiger partial charge on any atom is -0.489 e. The van der Waals surface area contributed by atoms with Crippen LogP contribution < -0.4 is 15.4 Å². The van der Waals surface area contributed by atoms with Crippen LogP contribution in [0.15, 0.2) is 29.3 Å². The molecule has 2 N–H and O–H groups in total. The monoisotopic (exact) mass is 554 g/mol. The molecule has 2 aliphatic heterocycles. The van der Waals surface area contributed by atoms with Gasteiger partial charge in [-0.15, -0.1) is 24.0 Å². The summed E-state index contributed by atoms with van der Waals surface area (Å²) < 4.78 is 11.5. The van der Waals surface area contributed by atoms with Gasteiger partial charge in [0, 0.05) is 43.0 Å². The predicted octanol–water partition coefficient (Wildman–Crippen LogP) is 3.10. The molecule has 0 spiro atoms. The van der Waals surface area contributed by atoms with E-state index in [9.17, 15) is 0 Å². The van der Waals surface area contributed by atoms with Gasteiger partial charge in [-0.2, -0.15) is 11.8 Å². The highest BCUT2D eigenvalue weighted by molar-refractivity contribution is 14.0. The number of nitrogens with zero attached hydrogens (tertiary/aromatic N) is 2. The highest BCUT2D eigenvalue weighted by Crippen LogP contribution is 2.33. The number of halogens is 2. The topological polar surface area (TPSA) is 58.1 Å². The van der Waals surface area contributed by atoms with Crippen molar-refractivity contribution in [2.24, 2.45) is 4.99 Å². The molecular weight excluding hydrogens is 523 g/mol. The Bertz CT molecular complexity index is 638. The molecule has 3 rings (SSSR count). The third-order valence-electron chi connectivity index (χ3n) is 5.28. The Morgan fingerprint density at radius 3 is 2.66 bits per heavy atom. The van der Waals surface area contributed by atoms with Crippen molar-refractivity contribution in [3.63, 3.8) is 0 Å². The molecule has 2 aliphatic rings. The van der Waals surface area contributed by atoms with Gasteiger partial charge in [-0.3, -0.25) is 9.89 Å². The van der Waals surface area contributed by atoms with Crippen LogP contribution in [0.25, 0.3) is 0 Å². The van der Waals surface area contributed by atoms with Gasteiger partial charge in [-0.1, -0.05) is 11.6 Å². The fourth-order valence-electron chi connectivity index (χ4n) is 3.63. The smallest absolute Gasteiger partial charge is 0.191 e. The second-order valence-electron chi connectivity index (χ2n) is 7.32. The van der Waals surface area contributed by atoms with Crippen LogP contribution in [0, 0.1) is 0 Å². The summed E-state index contributed by atoms with van der Waals surface area (Å²) in [6.07, 6.45) is 1.22. The Morgan fingerprint density at radius 1 is 1.31 bits per heavy atom. The zero-order valence-corrected chi connectivity index (χ0v) is 21.1. The molecule has 9 heteroatoms. The van der Waals surface area contributed by atoms with E-state index >= 15 is 0 Å². The summed E-state index contributed by atoms with van der Waals surface area (Å²) in [5, 5.41) is 7.64. The third kappa shape index (κ3) is 7.34. The number of guanidine groups is 1. The van der Waals surface area contributed by atoms with E-state index in [1.807, 2.05) is 50.0 Å². The molecule has 6 nitrogen and oxygen atoms in total. The maximum Gasteiger partial charge on any atom is 0.191 e. The van der Waals surface area contributed by atoms with Crippen LogP contribution in [0.3, 0.4) is 0 Å². The van der Waals surface area contributed by atoms with Crippen LogP contribution in [0.4, 0.5) is 0 Å². The first kappa shape index (κ1) is 24.8. The summed E-state index contributed by atoms with van der Waals surface area (Å²) >= 11 is 7.96. The molecule has 0 aromatic heterocycles. The molecule has 1 aromatic rings. The van der Waals surface area contributed by atoms with E-state index in [0.717, 1.165) is 50.3 Å². The summed E-state index contributed by atoms with van der Waals surface area (Å²) in [5.41, 5.74) is 0.192. The van der Waals surface area contributed by atoms with Crippen molar-refractivity contribution in [2.75, 3.05) is 57.9 Å². The van der Waals surface area contributed by atoms with Gasteiger partial charge in [0.25, 0.3) is 0 Å². The average molecular weight is 555 g/mol. The second-order valence-corrected chi connectivity index (χ2v) is 8.86. The first-order chi connectivity index (χ1) is 13.6. The molecule has 2 saturated heterocycles. The molecule has 1 aromatic carbocycles. The average Bonchev–Trinajstić information content (AvgIpc) is 3.21. The van der Waals surface area contributed by atoms with Crippen molar-refractivity contribution in [3.05, 3.63) is 29.3 Å². The second kappa shape index (κ2) is 12.4. The highest BCUT2D eigenvalue weighted by atomic mass is 127. The Balaban J connectivity index is 0.00000300. The number of rotatable bonds is 7. The number of aliphatic imine (C=N–C) groups is 1. The zero-order chi connectivity index (χ0) is 19.8. The lowest BCUT2D eigenvalue weighted by Gasteiger charge is -2.43. The van der Waals surface area contributed by atoms with E-state index in [2.05, 4.69) is 20.5 Å². The Morgan fingerprint density at radius 2 is 2.03 bits per heavy atom. The van der Waals surface area contributed by atoms with Crippen LogP contribution in [0.5, 0.6) is 5.75 Å². The fraction of sp³-hybridized carbons (Fsp3) is 0.650. The van der Waals surface area contributed by atoms with Gasteiger partial charge in [0.1, 0.15) is 11.9 Å². The molecule has 2 heterocycles. The van der Waals surface area contributed by atoms with Crippen LogP contribution in [-0.4, -0.2) is 80.4 Å². The predicted molar refractivity (Wildman–Crippen MR) is 133 cm³/mol. The first-order valence-corrected chi connectivity index (χ1v) is 11.4. The molecule has 2 atom stereocenters. The molecular formula is C20H32ClIN4O2S. The normalized spacial score (nSPS) is 23.9. The Hall–Kier alpha value is -0.420. The highest BCUT2D eigenvalue weighted by Gasteiger charge is 2.40. The molecule has 0 radical (unpaired) electrons. The van der Waals surface area contributed by atoms with Crippen LogP contribution >= 0.6 is 47.3 Å². The van der Waals surface area contributed by atoms with E-state index in [1.165, 1.54) is 12.2 Å². The van der Waals surface area contributed by atoms with Crippen LogP contribution in [0.2, 0.25) is 5.02 Å². The summed E-state index contributed by atoms with van der Waals surface area (Å²) in [5.74, 6) is 4.01. The van der Waals surface area contributed by atoms with Crippen molar-refractivity contribution in [2.45, 2.75) is 25.0 Å². The van der Waals surface area contributed by atoms with Gasteiger partial charge < -0.3 is 20.1 Å². The third-order valence-corrected chi connectivity index (χ3v) is 6.77. The number of thioether (sulfide) groups is 1. The summed E-state index contributed by atoms with van der Waals surface area (Å²) in [6.45, 7) is 7.30. The van der Waals surface area contributed by atoms with E-state index < -0.39 is 0 Å². The molecule has 164 valence electrons. The fourth-order valence-corrected chi connectivity index (χ4v) is 5.23. The van der Waals surface area contributed by atoms with Crippen molar-refractivity contribution in [3.8, 4) is 5.75 Å². The van der Waals surface area contributed by atoms with Gasteiger partial charge in [0.2, 0.25) is 0 Å². The maximum atomic E-state index is 5.93. The van der Waals surface area contributed by atoms with E-state index in [4.69, 9.17) is 21.1 Å². The maximum absolute atomic E-state index is 5.93. The Labute approximate surface area is 200 Å². The van der Waals surface area contributed by atoms with E-state index in [0.29, 0.717) is 11.6 Å². The van der Waals surface area contributed by atoms with Crippen molar-refractivity contribution in [1.29, 1.82) is 0 Å². The lowest BCUT2D eigenvalue weighted by molar-refractivity contribution is -0.0120. The van der Waals surface area contributed by atoms with E-state index in [1.54, 1.807) is 0 Å². The minimum absolute atomic E-state index is 0. The number of morpholine rings is 1. The summed E-state index contributed by atoms with van der Waals surface area (Å²) in [4.78, 5) is 6.99. The molecule has 29 heavy (non-hydrogen) atoms. The molecule has 0 saturated carbocycles.